The number of nitrogens with one attached hydrogen (secondary N) is 1. The van der Waals surface area contributed by atoms with Crippen molar-refractivity contribution in [1.82, 2.24) is 33.8 Å². The van der Waals surface area contributed by atoms with Gasteiger partial charge in [-0.1, -0.05) is 11.8 Å². The molecule has 3 heterocycles. The van der Waals surface area contributed by atoms with Gasteiger partial charge in [0.05, 0.1) is 18.0 Å². The summed E-state index contributed by atoms with van der Waals surface area (Å²) < 4.78 is 28.6. The molecule has 0 radical (unpaired) electrons. The molecule has 1 amide bonds. The summed E-state index contributed by atoms with van der Waals surface area (Å²) in [6, 6.07) is 0. The van der Waals surface area contributed by atoms with Crippen LogP contribution in [0.15, 0.2) is 5.16 Å². The van der Waals surface area contributed by atoms with E-state index in [0.29, 0.717) is 23.3 Å². The second-order valence-electron chi connectivity index (χ2n) is 5.68. The normalized spacial score (nSPS) is 15.2. The number of aryl methyl sites for hydroxylation is 1. The average Bonchev–Trinajstić information content (AvgIpc) is 3.17. The number of thiazole rings is 1. The fraction of sp³-hybridized carbons (Fsp3) is 0.583. The van der Waals surface area contributed by atoms with Crippen LogP contribution in [0.2, 0.25) is 0 Å². The van der Waals surface area contributed by atoms with Crippen LogP contribution in [-0.2, 0) is 35.0 Å². The maximum absolute atomic E-state index is 12.3. The molecule has 1 aliphatic rings. The van der Waals surface area contributed by atoms with E-state index in [1.54, 1.807) is 7.05 Å². The maximum Gasteiger partial charge on any atom is 0.281 e. The van der Waals surface area contributed by atoms with Gasteiger partial charge in [0, 0.05) is 39.0 Å². The van der Waals surface area contributed by atoms with Gasteiger partial charge in [0.25, 0.3) is 10.2 Å². The molecule has 0 aliphatic carbocycles. The first-order chi connectivity index (χ1) is 12.3. The average molecular weight is 419 g/mol. The lowest BCUT2D eigenvalue weighted by Crippen LogP contribution is -2.42. The topological polar surface area (TPSA) is 126 Å². The van der Waals surface area contributed by atoms with E-state index in [1.165, 1.54) is 50.5 Å². The zero-order chi connectivity index (χ0) is 18.9. The van der Waals surface area contributed by atoms with E-state index in [2.05, 4.69) is 25.8 Å². The van der Waals surface area contributed by atoms with Gasteiger partial charge in [-0.25, -0.2) is 9.67 Å². The van der Waals surface area contributed by atoms with Gasteiger partial charge >= 0.3 is 0 Å². The summed E-state index contributed by atoms with van der Waals surface area (Å²) in [4.78, 5) is 17.3. The number of anilines is 1. The van der Waals surface area contributed by atoms with Gasteiger partial charge in [0.2, 0.25) is 11.1 Å². The fourth-order valence-electron chi connectivity index (χ4n) is 2.28. The van der Waals surface area contributed by atoms with Crippen LogP contribution in [0.3, 0.4) is 0 Å². The smallest absolute Gasteiger partial charge is 0.281 e. The van der Waals surface area contributed by atoms with Gasteiger partial charge in [0.1, 0.15) is 0 Å². The highest BCUT2D eigenvalue weighted by Crippen LogP contribution is 2.30. The van der Waals surface area contributed by atoms with Gasteiger partial charge in [0.15, 0.2) is 5.13 Å². The number of carbonyl (C=O) groups is 1. The van der Waals surface area contributed by atoms with Crippen LogP contribution in [0.25, 0.3) is 0 Å². The Labute approximate surface area is 158 Å². The summed E-state index contributed by atoms with van der Waals surface area (Å²) in [5.41, 5.74) is 0.834. The van der Waals surface area contributed by atoms with Gasteiger partial charge in [-0.3, -0.25) is 4.79 Å². The third kappa shape index (κ3) is 4.03. The zero-order valence-electron chi connectivity index (χ0n) is 14.4. The van der Waals surface area contributed by atoms with Crippen molar-refractivity contribution < 1.29 is 13.2 Å². The second-order valence-corrected chi connectivity index (χ2v) is 9.85. The highest BCUT2D eigenvalue weighted by Gasteiger charge is 2.30. The number of thioether (sulfide) groups is 1. The van der Waals surface area contributed by atoms with Crippen molar-refractivity contribution in [2.75, 3.05) is 31.7 Å². The van der Waals surface area contributed by atoms with Crippen molar-refractivity contribution in [3.05, 3.63) is 10.6 Å². The van der Waals surface area contributed by atoms with Crippen LogP contribution in [0, 0.1) is 0 Å². The molecule has 0 saturated heterocycles. The van der Waals surface area contributed by atoms with Crippen molar-refractivity contribution in [3.63, 3.8) is 0 Å². The quantitative estimate of drug-likeness (QED) is 0.626. The number of hydrogen-bond acceptors (Lipinski definition) is 9. The number of carbonyl (C=O) groups excluding carboxylic acids is 1. The van der Waals surface area contributed by atoms with Crippen molar-refractivity contribution in [3.8, 4) is 0 Å². The van der Waals surface area contributed by atoms with Gasteiger partial charge < -0.3 is 5.32 Å². The highest BCUT2D eigenvalue weighted by molar-refractivity contribution is 7.99. The van der Waals surface area contributed by atoms with Crippen LogP contribution in [0.5, 0.6) is 0 Å². The standard InChI is InChI=1S/C12H18N8O3S3/c1-18(2)26(22,23)20-5-4-8-9(6-20)25-11(13-8)14-10(21)7-24-12-15-16-17-19(12)3/h4-7H2,1-3H3,(H,13,14,21). The number of aromatic nitrogens is 5. The summed E-state index contributed by atoms with van der Waals surface area (Å²) >= 11 is 2.52. The Balaban J connectivity index is 1.61. The monoisotopic (exact) mass is 418 g/mol. The Morgan fingerprint density at radius 2 is 2.19 bits per heavy atom. The Morgan fingerprint density at radius 1 is 1.42 bits per heavy atom. The van der Waals surface area contributed by atoms with Crippen LogP contribution >= 0.6 is 23.1 Å². The van der Waals surface area contributed by atoms with Crippen molar-refractivity contribution in [2.45, 2.75) is 18.1 Å². The molecule has 0 aromatic carbocycles. The first-order valence-corrected chi connectivity index (χ1v) is 10.8. The Bertz CT molecular complexity index is 907. The van der Waals surface area contributed by atoms with Crippen molar-refractivity contribution in [2.24, 2.45) is 7.05 Å². The van der Waals surface area contributed by atoms with E-state index >= 15 is 0 Å². The Morgan fingerprint density at radius 3 is 2.85 bits per heavy atom. The largest absolute Gasteiger partial charge is 0.301 e. The number of nitrogens with zero attached hydrogens (tertiary/aromatic N) is 7. The molecule has 0 atom stereocenters. The molecule has 0 fully saturated rings. The molecule has 2 aromatic heterocycles. The van der Waals surface area contributed by atoms with E-state index in [9.17, 15) is 13.2 Å². The van der Waals surface area contributed by atoms with Gasteiger partial charge in [-0.2, -0.15) is 17.0 Å². The van der Waals surface area contributed by atoms with E-state index in [-0.39, 0.29) is 18.2 Å². The molecule has 142 valence electrons. The first-order valence-electron chi connectivity index (χ1n) is 7.58. The summed E-state index contributed by atoms with van der Waals surface area (Å²) in [5.74, 6) is -0.0681. The van der Waals surface area contributed by atoms with Crippen molar-refractivity contribution >= 4 is 44.3 Å². The molecular weight excluding hydrogens is 400 g/mol. The summed E-state index contributed by atoms with van der Waals surface area (Å²) in [6.45, 7) is 0.641. The van der Waals surface area contributed by atoms with Crippen LogP contribution in [0.4, 0.5) is 5.13 Å². The number of hydrogen-bond donors (Lipinski definition) is 1. The van der Waals surface area contributed by atoms with E-state index in [1.807, 2.05) is 0 Å². The number of rotatable bonds is 6. The molecular formula is C12H18N8O3S3. The lowest BCUT2D eigenvalue weighted by molar-refractivity contribution is -0.113. The molecule has 26 heavy (non-hydrogen) atoms. The number of fused-ring (bicyclic) bond motifs is 1. The molecule has 3 rings (SSSR count). The SMILES string of the molecule is CN(C)S(=O)(=O)N1CCc2nc(NC(=O)CSc3nnnn3C)sc2C1. The van der Waals surface area contributed by atoms with Crippen LogP contribution in [0.1, 0.15) is 10.6 Å². The molecule has 11 nitrogen and oxygen atoms in total. The molecule has 2 aromatic rings. The lowest BCUT2D eigenvalue weighted by atomic mass is 10.2. The molecule has 0 saturated carbocycles. The van der Waals surface area contributed by atoms with E-state index in [0.717, 1.165) is 10.6 Å². The predicted molar refractivity (Wildman–Crippen MR) is 97.0 cm³/mol. The summed E-state index contributed by atoms with van der Waals surface area (Å²) in [7, 11) is 1.25. The van der Waals surface area contributed by atoms with Crippen molar-refractivity contribution in [1.29, 1.82) is 0 Å². The minimum Gasteiger partial charge on any atom is -0.301 e. The molecule has 14 heteroatoms. The van der Waals surface area contributed by atoms with Gasteiger partial charge in [-0.15, -0.1) is 16.4 Å². The second kappa shape index (κ2) is 7.56. The number of tetrazole rings is 1. The third-order valence-corrected chi connectivity index (χ3v) is 7.54. The third-order valence-electron chi connectivity index (χ3n) is 3.64. The minimum atomic E-state index is -3.46. The van der Waals surface area contributed by atoms with E-state index in [4.69, 9.17) is 0 Å². The highest BCUT2D eigenvalue weighted by atomic mass is 32.2. The summed E-state index contributed by atoms with van der Waals surface area (Å²) in [5, 5.41) is 14.8. The lowest BCUT2D eigenvalue weighted by Gasteiger charge is -2.27. The molecule has 0 unspecified atom stereocenters. The Kier molecular flexibility index (Phi) is 5.57. The zero-order valence-corrected chi connectivity index (χ0v) is 16.9. The molecule has 0 bridgehead atoms. The minimum absolute atomic E-state index is 0.152. The summed E-state index contributed by atoms with van der Waals surface area (Å²) in [6.07, 6.45) is 0.522. The van der Waals surface area contributed by atoms with E-state index < -0.39 is 10.2 Å². The maximum atomic E-state index is 12.3. The van der Waals surface area contributed by atoms with Gasteiger partial charge in [-0.05, 0) is 10.4 Å². The first kappa shape index (κ1) is 19.2. The predicted octanol–water partition coefficient (Wildman–Crippen LogP) is -0.438. The van der Waals surface area contributed by atoms with Crippen LogP contribution < -0.4 is 5.32 Å². The molecule has 1 N–H and O–H groups in total. The fourth-order valence-corrected chi connectivity index (χ4v) is 5.13. The molecule has 1 aliphatic heterocycles. The van der Waals surface area contributed by atoms with Crippen LogP contribution in [-0.4, -0.2) is 74.5 Å². The Hall–Kier alpha value is -1.61. The molecule has 0 spiro atoms. The number of amides is 1.